The fraction of sp³-hybridized carbons (Fsp3) is 0.111. The molecule has 1 aromatic heterocycles. The lowest BCUT2D eigenvalue weighted by Gasteiger charge is -2.09. The van der Waals surface area contributed by atoms with Crippen LogP contribution in [0.3, 0.4) is 0 Å². The van der Waals surface area contributed by atoms with E-state index >= 15 is 0 Å². The molecule has 2 aromatic carbocycles. The lowest BCUT2D eigenvalue weighted by atomic mass is 10.2. The van der Waals surface area contributed by atoms with Crippen LogP contribution in [0.5, 0.6) is 11.5 Å². The van der Waals surface area contributed by atoms with Gasteiger partial charge in [-0.1, -0.05) is 23.7 Å². The van der Waals surface area contributed by atoms with Crippen molar-refractivity contribution in [3.63, 3.8) is 0 Å². The molecule has 1 aliphatic rings. The molecule has 0 aliphatic carbocycles. The van der Waals surface area contributed by atoms with E-state index in [9.17, 15) is 0 Å². The first-order chi connectivity index (χ1) is 12.7. The zero-order chi connectivity index (χ0) is 17.9. The third kappa shape index (κ3) is 3.89. The Morgan fingerprint density at radius 1 is 1.08 bits per heavy atom. The molecule has 0 atom stereocenters. The van der Waals surface area contributed by atoms with Gasteiger partial charge in [0.1, 0.15) is 0 Å². The van der Waals surface area contributed by atoms with Crippen molar-refractivity contribution in [2.45, 2.75) is 6.54 Å². The van der Waals surface area contributed by atoms with Crippen molar-refractivity contribution < 1.29 is 9.47 Å². The molecule has 26 heavy (non-hydrogen) atoms. The van der Waals surface area contributed by atoms with Crippen molar-refractivity contribution >= 4 is 40.3 Å². The number of benzene rings is 2. The van der Waals surface area contributed by atoms with E-state index in [2.05, 4.69) is 15.7 Å². The molecule has 0 saturated carbocycles. The lowest BCUT2D eigenvalue weighted by Crippen LogP contribution is -2.18. The zero-order valence-corrected chi connectivity index (χ0v) is 15.2. The monoisotopic (exact) mass is 386 g/mol. The molecule has 0 saturated heterocycles. The van der Waals surface area contributed by atoms with Crippen LogP contribution in [0.4, 0.5) is 11.4 Å². The van der Waals surface area contributed by atoms with Crippen molar-refractivity contribution in [1.29, 1.82) is 0 Å². The summed E-state index contributed by atoms with van der Waals surface area (Å²) in [5.74, 6) is 1.44. The predicted octanol–water partition coefficient (Wildman–Crippen LogP) is 4.12. The number of nitrogens with one attached hydrogen (secondary N) is 2. The van der Waals surface area contributed by atoms with E-state index in [1.165, 1.54) is 0 Å². The highest BCUT2D eigenvalue weighted by molar-refractivity contribution is 7.80. The summed E-state index contributed by atoms with van der Waals surface area (Å²) in [4.78, 5) is 0. The van der Waals surface area contributed by atoms with Gasteiger partial charge in [0.05, 0.1) is 18.4 Å². The van der Waals surface area contributed by atoms with E-state index < -0.39 is 0 Å². The molecule has 3 aromatic rings. The average molecular weight is 387 g/mol. The van der Waals surface area contributed by atoms with Crippen LogP contribution in [0, 0.1) is 0 Å². The topological polar surface area (TPSA) is 60.3 Å². The number of fused-ring (bicyclic) bond motifs is 1. The SMILES string of the molecule is S=C(Nc1ccc2c(c1)OCO2)Nc1cnn(Cc2ccc(Cl)cc2)c1. The summed E-state index contributed by atoms with van der Waals surface area (Å²) in [6, 6.07) is 13.3. The summed E-state index contributed by atoms with van der Waals surface area (Å²) in [7, 11) is 0. The van der Waals surface area contributed by atoms with E-state index in [1.54, 1.807) is 6.20 Å². The van der Waals surface area contributed by atoms with Crippen molar-refractivity contribution in [2.75, 3.05) is 17.4 Å². The van der Waals surface area contributed by atoms with Gasteiger partial charge >= 0.3 is 0 Å². The molecular weight excluding hydrogens is 372 g/mol. The predicted molar refractivity (Wildman–Crippen MR) is 105 cm³/mol. The molecule has 2 N–H and O–H groups in total. The number of halogens is 1. The summed E-state index contributed by atoms with van der Waals surface area (Å²) in [5, 5.41) is 11.8. The van der Waals surface area contributed by atoms with Crippen LogP contribution in [0.25, 0.3) is 0 Å². The molecule has 4 rings (SSSR count). The van der Waals surface area contributed by atoms with E-state index in [-0.39, 0.29) is 6.79 Å². The second kappa shape index (κ2) is 7.23. The van der Waals surface area contributed by atoms with Crippen LogP contribution < -0.4 is 20.1 Å². The van der Waals surface area contributed by atoms with Gasteiger partial charge in [-0.25, -0.2) is 0 Å². The molecule has 0 unspecified atom stereocenters. The fourth-order valence-electron chi connectivity index (χ4n) is 2.56. The fourth-order valence-corrected chi connectivity index (χ4v) is 2.92. The number of ether oxygens (including phenoxy) is 2. The first kappa shape index (κ1) is 16.7. The van der Waals surface area contributed by atoms with Gasteiger partial charge in [0.15, 0.2) is 16.6 Å². The summed E-state index contributed by atoms with van der Waals surface area (Å²) < 4.78 is 12.5. The summed E-state index contributed by atoms with van der Waals surface area (Å²) in [5.41, 5.74) is 2.74. The van der Waals surface area contributed by atoms with Crippen LogP contribution in [0.2, 0.25) is 5.02 Å². The Labute approximate surface area is 160 Å². The number of anilines is 2. The van der Waals surface area contributed by atoms with Crippen molar-refractivity contribution in [3.05, 3.63) is 65.4 Å². The highest BCUT2D eigenvalue weighted by Crippen LogP contribution is 2.34. The van der Waals surface area contributed by atoms with E-state index in [1.807, 2.05) is 53.3 Å². The Kier molecular flexibility index (Phi) is 4.64. The number of hydrogen-bond acceptors (Lipinski definition) is 4. The first-order valence-corrected chi connectivity index (χ1v) is 8.69. The van der Waals surface area contributed by atoms with Gasteiger partial charge in [0.25, 0.3) is 0 Å². The summed E-state index contributed by atoms with van der Waals surface area (Å²) in [6.07, 6.45) is 3.62. The molecule has 6 nitrogen and oxygen atoms in total. The maximum absolute atomic E-state index is 5.91. The van der Waals surface area contributed by atoms with Gasteiger partial charge < -0.3 is 20.1 Å². The molecule has 8 heteroatoms. The zero-order valence-electron chi connectivity index (χ0n) is 13.6. The van der Waals surface area contributed by atoms with Gasteiger partial charge in [0.2, 0.25) is 6.79 Å². The molecule has 0 spiro atoms. The standard InChI is InChI=1S/C18H15ClN4O2S/c19-13-3-1-12(2-4-13)9-23-10-15(8-20-23)22-18(26)21-14-5-6-16-17(7-14)25-11-24-16/h1-8,10H,9,11H2,(H2,21,22,26). The largest absolute Gasteiger partial charge is 0.454 e. The molecule has 0 fully saturated rings. The Morgan fingerprint density at radius 2 is 1.85 bits per heavy atom. The Hall–Kier alpha value is -2.77. The number of nitrogens with zero attached hydrogens (tertiary/aromatic N) is 2. The number of rotatable bonds is 4. The number of thiocarbonyl (C=S) groups is 1. The molecule has 2 heterocycles. The molecule has 132 valence electrons. The highest BCUT2D eigenvalue weighted by Gasteiger charge is 2.13. The maximum Gasteiger partial charge on any atom is 0.231 e. The smallest absolute Gasteiger partial charge is 0.231 e. The quantitative estimate of drug-likeness (QED) is 0.658. The maximum atomic E-state index is 5.91. The minimum absolute atomic E-state index is 0.244. The summed E-state index contributed by atoms with van der Waals surface area (Å²) in [6.45, 7) is 0.898. The number of hydrogen-bond donors (Lipinski definition) is 2. The second-order valence-electron chi connectivity index (χ2n) is 5.70. The van der Waals surface area contributed by atoms with E-state index in [0.29, 0.717) is 17.4 Å². The van der Waals surface area contributed by atoms with Crippen LogP contribution >= 0.6 is 23.8 Å². The minimum atomic E-state index is 0.244. The third-order valence-corrected chi connectivity index (χ3v) is 4.24. The third-order valence-electron chi connectivity index (χ3n) is 3.78. The Balaban J connectivity index is 1.36. The molecule has 0 radical (unpaired) electrons. The van der Waals surface area contributed by atoms with Gasteiger partial charge in [0, 0.05) is 23.0 Å². The minimum Gasteiger partial charge on any atom is -0.454 e. The van der Waals surface area contributed by atoms with Gasteiger partial charge in [-0.2, -0.15) is 5.10 Å². The van der Waals surface area contributed by atoms with Crippen molar-refractivity contribution in [1.82, 2.24) is 9.78 Å². The van der Waals surface area contributed by atoms with Gasteiger partial charge in [-0.05, 0) is 42.0 Å². The number of aromatic nitrogens is 2. The van der Waals surface area contributed by atoms with Gasteiger partial charge in [-0.15, -0.1) is 0 Å². The first-order valence-electron chi connectivity index (χ1n) is 7.90. The normalized spacial score (nSPS) is 12.0. The molecular formula is C18H15ClN4O2S. The van der Waals surface area contributed by atoms with Crippen LogP contribution in [0.1, 0.15) is 5.56 Å². The van der Waals surface area contributed by atoms with Crippen molar-refractivity contribution in [3.8, 4) is 11.5 Å². The van der Waals surface area contributed by atoms with E-state index in [0.717, 1.165) is 27.7 Å². The summed E-state index contributed by atoms with van der Waals surface area (Å²) >= 11 is 11.3. The van der Waals surface area contributed by atoms with Gasteiger partial charge in [-0.3, -0.25) is 4.68 Å². The highest BCUT2D eigenvalue weighted by atomic mass is 35.5. The molecule has 1 aliphatic heterocycles. The lowest BCUT2D eigenvalue weighted by molar-refractivity contribution is 0.174. The van der Waals surface area contributed by atoms with Crippen LogP contribution in [-0.4, -0.2) is 21.7 Å². The second-order valence-corrected chi connectivity index (χ2v) is 6.54. The van der Waals surface area contributed by atoms with E-state index in [4.69, 9.17) is 33.3 Å². The Bertz CT molecular complexity index is 943. The molecule has 0 bridgehead atoms. The molecule has 0 amide bonds. The average Bonchev–Trinajstić information content (AvgIpc) is 3.25. The van der Waals surface area contributed by atoms with Crippen molar-refractivity contribution in [2.24, 2.45) is 0 Å². The van der Waals surface area contributed by atoms with Crippen LogP contribution in [-0.2, 0) is 6.54 Å². The Morgan fingerprint density at radius 3 is 2.69 bits per heavy atom. The van der Waals surface area contributed by atoms with Crippen LogP contribution in [0.15, 0.2) is 54.9 Å².